The van der Waals surface area contributed by atoms with E-state index in [2.05, 4.69) is 6.58 Å². The SMILES string of the molecule is C=CC(=O)N1CCN(c2ccccc2F)CC1. The minimum atomic E-state index is -0.212. The molecule has 90 valence electrons. The van der Waals surface area contributed by atoms with Gasteiger partial charge in [0.1, 0.15) is 5.82 Å². The van der Waals surface area contributed by atoms with Crippen molar-refractivity contribution in [3.63, 3.8) is 0 Å². The van der Waals surface area contributed by atoms with Gasteiger partial charge in [-0.15, -0.1) is 0 Å². The number of anilines is 1. The number of para-hydroxylation sites is 1. The van der Waals surface area contributed by atoms with Crippen molar-refractivity contribution in [2.45, 2.75) is 0 Å². The summed E-state index contributed by atoms with van der Waals surface area (Å²) >= 11 is 0. The summed E-state index contributed by atoms with van der Waals surface area (Å²) in [4.78, 5) is 15.1. The Hall–Kier alpha value is -1.84. The molecule has 0 N–H and O–H groups in total. The molecule has 0 bridgehead atoms. The van der Waals surface area contributed by atoms with Crippen molar-refractivity contribution in [1.29, 1.82) is 0 Å². The summed E-state index contributed by atoms with van der Waals surface area (Å²) in [6, 6.07) is 6.72. The average molecular weight is 234 g/mol. The Bertz CT molecular complexity index is 425. The maximum Gasteiger partial charge on any atom is 0.246 e. The Morgan fingerprint density at radius 2 is 1.88 bits per heavy atom. The van der Waals surface area contributed by atoms with Gasteiger partial charge in [-0.1, -0.05) is 18.7 Å². The Kier molecular flexibility index (Phi) is 3.42. The number of halogens is 1. The van der Waals surface area contributed by atoms with Gasteiger partial charge >= 0.3 is 0 Å². The maximum absolute atomic E-state index is 13.6. The second-order valence-corrected chi connectivity index (χ2v) is 3.97. The first-order chi connectivity index (χ1) is 8.22. The van der Waals surface area contributed by atoms with E-state index < -0.39 is 0 Å². The van der Waals surface area contributed by atoms with Gasteiger partial charge < -0.3 is 9.80 Å². The summed E-state index contributed by atoms with van der Waals surface area (Å²) in [6.07, 6.45) is 1.32. The van der Waals surface area contributed by atoms with E-state index in [9.17, 15) is 9.18 Å². The van der Waals surface area contributed by atoms with Gasteiger partial charge in [0.2, 0.25) is 5.91 Å². The number of nitrogens with zero attached hydrogens (tertiary/aromatic N) is 2. The van der Waals surface area contributed by atoms with Crippen molar-refractivity contribution in [1.82, 2.24) is 4.90 Å². The molecular weight excluding hydrogens is 219 g/mol. The Labute approximate surface area is 100 Å². The lowest BCUT2D eigenvalue weighted by molar-refractivity contribution is -0.126. The summed E-state index contributed by atoms with van der Waals surface area (Å²) in [5, 5.41) is 0. The molecule has 0 aliphatic carbocycles. The lowest BCUT2D eigenvalue weighted by atomic mass is 10.2. The summed E-state index contributed by atoms with van der Waals surface area (Å²) in [7, 11) is 0. The standard InChI is InChI=1S/C13H15FN2O/c1-2-13(17)16-9-7-15(8-10-16)12-6-4-3-5-11(12)14/h2-6H,1,7-10H2. The van der Waals surface area contributed by atoms with Gasteiger partial charge in [-0.05, 0) is 18.2 Å². The molecule has 0 atom stereocenters. The second kappa shape index (κ2) is 4.99. The van der Waals surface area contributed by atoms with Gasteiger partial charge in [-0.3, -0.25) is 4.79 Å². The monoisotopic (exact) mass is 234 g/mol. The van der Waals surface area contributed by atoms with Crippen molar-refractivity contribution >= 4 is 11.6 Å². The van der Waals surface area contributed by atoms with Crippen LogP contribution in [-0.4, -0.2) is 37.0 Å². The molecule has 0 radical (unpaired) electrons. The van der Waals surface area contributed by atoms with Crippen molar-refractivity contribution in [3.05, 3.63) is 42.7 Å². The Morgan fingerprint density at radius 3 is 2.47 bits per heavy atom. The smallest absolute Gasteiger partial charge is 0.246 e. The molecule has 1 amide bonds. The van der Waals surface area contributed by atoms with Gasteiger partial charge in [-0.25, -0.2) is 4.39 Å². The molecule has 0 aromatic heterocycles. The van der Waals surface area contributed by atoms with Gasteiger partial charge in [0.25, 0.3) is 0 Å². The van der Waals surface area contributed by atoms with Crippen LogP contribution in [0.25, 0.3) is 0 Å². The van der Waals surface area contributed by atoms with E-state index in [-0.39, 0.29) is 11.7 Å². The molecule has 2 rings (SSSR count). The highest BCUT2D eigenvalue weighted by Gasteiger charge is 2.20. The molecule has 4 heteroatoms. The number of hydrogen-bond donors (Lipinski definition) is 0. The van der Waals surface area contributed by atoms with E-state index in [0.717, 1.165) is 0 Å². The van der Waals surface area contributed by atoms with Crippen LogP contribution < -0.4 is 4.90 Å². The quantitative estimate of drug-likeness (QED) is 0.727. The molecule has 0 saturated carbocycles. The first kappa shape index (κ1) is 11.6. The molecule has 0 unspecified atom stereocenters. The largest absolute Gasteiger partial charge is 0.366 e. The summed E-state index contributed by atoms with van der Waals surface area (Å²) < 4.78 is 13.6. The number of carbonyl (C=O) groups excluding carboxylic acids is 1. The van der Waals surface area contributed by atoms with Crippen LogP contribution in [0, 0.1) is 5.82 Å². The fraction of sp³-hybridized carbons (Fsp3) is 0.308. The second-order valence-electron chi connectivity index (χ2n) is 3.97. The van der Waals surface area contributed by atoms with E-state index in [1.807, 2.05) is 11.0 Å². The fourth-order valence-electron chi connectivity index (χ4n) is 2.01. The summed E-state index contributed by atoms with van der Waals surface area (Å²) in [6.45, 7) is 5.99. The number of amides is 1. The van der Waals surface area contributed by atoms with Gasteiger partial charge in [0.15, 0.2) is 0 Å². The zero-order chi connectivity index (χ0) is 12.3. The minimum Gasteiger partial charge on any atom is -0.366 e. The van der Waals surface area contributed by atoms with Crippen molar-refractivity contribution < 1.29 is 9.18 Å². The maximum atomic E-state index is 13.6. The predicted molar refractivity (Wildman–Crippen MR) is 65.4 cm³/mol. The molecule has 17 heavy (non-hydrogen) atoms. The van der Waals surface area contributed by atoms with E-state index in [4.69, 9.17) is 0 Å². The third kappa shape index (κ3) is 2.46. The number of benzene rings is 1. The zero-order valence-corrected chi connectivity index (χ0v) is 9.60. The number of rotatable bonds is 2. The molecule has 3 nitrogen and oxygen atoms in total. The minimum absolute atomic E-state index is 0.0572. The van der Waals surface area contributed by atoms with Crippen LogP contribution in [0.2, 0.25) is 0 Å². The van der Waals surface area contributed by atoms with Crippen LogP contribution in [0.3, 0.4) is 0 Å². The molecule has 1 aliphatic heterocycles. The van der Waals surface area contributed by atoms with E-state index in [1.165, 1.54) is 12.1 Å². The Balaban J connectivity index is 2.02. The van der Waals surface area contributed by atoms with Gasteiger partial charge in [-0.2, -0.15) is 0 Å². The van der Waals surface area contributed by atoms with Crippen LogP contribution in [-0.2, 0) is 4.79 Å². The zero-order valence-electron chi connectivity index (χ0n) is 9.60. The third-order valence-corrected chi connectivity index (χ3v) is 2.96. The topological polar surface area (TPSA) is 23.6 Å². The average Bonchev–Trinajstić information content (AvgIpc) is 2.39. The van der Waals surface area contributed by atoms with Crippen molar-refractivity contribution in [2.24, 2.45) is 0 Å². The first-order valence-electron chi connectivity index (χ1n) is 5.63. The summed E-state index contributed by atoms with van der Waals surface area (Å²) in [5.74, 6) is -0.269. The highest BCUT2D eigenvalue weighted by atomic mass is 19.1. The van der Waals surface area contributed by atoms with Crippen LogP contribution in [0.1, 0.15) is 0 Å². The van der Waals surface area contributed by atoms with Gasteiger partial charge in [0, 0.05) is 26.2 Å². The molecule has 1 aromatic carbocycles. The van der Waals surface area contributed by atoms with Crippen LogP contribution in [0.4, 0.5) is 10.1 Å². The van der Waals surface area contributed by atoms with E-state index >= 15 is 0 Å². The number of piperazine rings is 1. The lowest BCUT2D eigenvalue weighted by Gasteiger charge is -2.35. The van der Waals surface area contributed by atoms with E-state index in [1.54, 1.807) is 17.0 Å². The highest BCUT2D eigenvalue weighted by molar-refractivity contribution is 5.87. The van der Waals surface area contributed by atoms with Gasteiger partial charge in [0.05, 0.1) is 5.69 Å². The molecule has 1 fully saturated rings. The molecule has 1 saturated heterocycles. The Morgan fingerprint density at radius 1 is 1.24 bits per heavy atom. The van der Waals surface area contributed by atoms with Crippen LogP contribution in [0.15, 0.2) is 36.9 Å². The van der Waals surface area contributed by atoms with E-state index in [0.29, 0.717) is 31.9 Å². The molecule has 1 heterocycles. The summed E-state index contributed by atoms with van der Waals surface area (Å²) in [5.41, 5.74) is 0.609. The van der Waals surface area contributed by atoms with Crippen LogP contribution >= 0.6 is 0 Å². The number of carbonyl (C=O) groups is 1. The molecule has 0 spiro atoms. The molecule has 1 aromatic rings. The lowest BCUT2D eigenvalue weighted by Crippen LogP contribution is -2.48. The van der Waals surface area contributed by atoms with Crippen molar-refractivity contribution in [3.8, 4) is 0 Å². The number of hydrogen-bond acceptors (Lipinski definition) is 2. The third-order valence-electron chi connectivity index (χ3n) is 2.96. The fourth-order valence-corrected chi connectivity index (χ4v) is 2.01. The molecular formula is C13H15FN2O. The first-order valence-corrected chi connectivity index (χ1v) is 5.63. The normalized spacial score (nSPS) is 15.8. The predicted octanol–water partition coefficient (Wildman–Crippen LogP) is 1.66. The molecule has 1 aliphatic rings. The highest BCUT2D eigenvalue weighted by Crippen LogP contribution is 2.20. The van der Waals surface area contributed by atoms with Crippen molar-refractivity contribution in [2.75, 3.05) is 31.1 Å². The van der Waals surface area contributed by atoms with Crippen LogP contribution in [0.5, 0.6) is 0 Å².